The number of hydrogen-bond donors (Lipinski definition) is 1. The largest absolute Gasteiger partial charge is 0.353 e. The van der Waals surface area contributed by atoms with E-state index < -0.39 is 0 Å². The highest BCUT2D eigenvalue weighted by Crippen LogP contribution is 2.29. The van der Waals surface area contributed by atoms with Gasteiger partial charge in [-0.25, -0.2) is 9.97 Å². The van der Waals surface area contributed by atoms with Crippen molar-refractivity contribution < 1.29 is 4.79 Å². The van der Waals surface area contributed by atoms with Crippen molar-refractivity contribution in [2.24, 2.45) is 5.92 Å². The summed E-state index contributed by atoms with van der Waals surface area (Å²) in [5.41, 5.74) is 1.79. The van der Waals surface area contributed by atoms with Gasteiger partial charge in [-0.3, -0.25) is 4.79 Å². The number of hydrogen-bond acceptors (Lipinski definition) is 5. The number of aromatic nitrogens is 4. The molecule has 1 N–H and O–H groups in total. The van der Waals surface area contributed by atoms with E-state index in [9.17, 15) is 4.79 Å². The summed E-state index contributed by atoms with van der Waals surface area (Å²) in [6.07, 6.45) is 5.16. The number of carbonyl (C=O) groups excluding carboxylic acids is 1. The maximum absolute atomic E-state index is 12.3. The normalized spacial score (nSPS) is 14.6. The zero-order valence-corrected chi connectivity index (χ0v) is 14.6. The van der Waals surface area contributed by atoms with Crippen LogP contribution >= 0.6 is 23.2 Å². The van der Waals surface area contributed by atoms with Gasteiger partial charge in [0.05, 0.1) is 30.6 Å². The summed E-state index contributed by atoms with van der Waals surface area (Å²) in [6, 6.07) is 5.78. The SMILES string of the molecule is O=C(NCc1cnc2ccccn12)C1CN(c2nc(Cl)ncc2Cl)C1. The van der Waals surface area contributed by atoms with Gasteiger partial charge in [0.1, 0.15) is 10.7 Å². The molecule has 0 aliphatic carbocycles. The number of anilines is 1. The molecule has 3 aromatic rings. The highest BCUT2D eigenvalue weighted by atomic mass is 35.5. The minimum atomic E-state index is -0.107. The van der Waals surface area contributed by atoms with Gasteiger partial charge in [-0.15, -0.1) is 0 Å². The molecule has 1 amide bonds. The monoisotopic (exact) mass is 376 g/mol. The molecule has 4 rings (SSSR count). The third kappa shape index (κ3) is 3.12. The third-order valence-electron chi connectivity index (χ3n) is 4.19. The van der Waals surface area contributed by atoms with Crippen LogP contribution in [0.5, 0.6) is 0 Å². The fourth-order valence-electron chi connectivity index (χ4n) is 2.81. The molecule has 128 valence electrons. The summed E-state index contributed by atoms with van der Waals surface area (Å²) in [5, 5.41) is 3.52. The molecule has 25 heavy (non-hydrogen) atoms. The van der Waals surface area contributed by atoms with Crippen LogP contribution in [0.15, 0.2) is 36.8 Å². The fraction of sp³-hybridized carbons (Fsp3) is 0.250. The molecule has 1 aliphatic heterocycles. The number of rotatable bonds is 4. The predicted molar refractivity (Wildman–Crippen MR) is 94.8 cm³/mol. The quantitative estimate of drug-likeness (QED) is 0.706. The third-order valence-corrected chi connectivity index (χ3v) is 4.63. The zero-order chi connectivity index (χ0) is 17.4. The van der Waals surface area contributed by atoms with E-state index in [1.807, 2.05) is 33.7 Å². The zero-order valence-electron chi connectivity index (χ0n) is 13.1. The molecule has 1 saturated heterocycles. The Balaban J connectivity index is 1.35. The standard InChI is InChI=1S/C16H14Cl2N6O/c17-12-7-21-16(18)22-14(12)23-8-10(9-23)15(25)20-6-11-5-19-13-3-1-2-4-24(11)13/h1-5,7,10H,6,8-9H2,(H,20,25). The van der Waals surface area contributed by atoms with Gasteiger partial charge >= 0.3 is 0 Å². The van der Waals surface area contributed by atoms with Gasteiger partial charge in [-0.1, -0.05) is 17.7 Å². The lowest BCUT2D eigenvalue weighted by atomic mass is 9.99. The highest BCUT2D eigenvalue weighted by molar-refractivity contribution is 6.33. The molecule has 1 fully saturated rings. The Kier molecular flexibility index (Phi) is 4.19. The van der Waals surface area contributed by atoms with Crippen molar-refractivity contribution in [3.05, 3.63) is 52.8 Å². The van der Waals surface area contributed by atoms with Crippen LogP contribution in [-0.4, -0.2) is 38.3 Å². The Morgan fingerprint density at radius 2 is 2.08 bits per heavy atom. The summed E-state index contributed by atoms with van der Waals surface area (Å²) in [5.74, 6) is 0.454. The molecule has 3 aromatic heterocycles. The van der Waals surface area contributed by atoms with Crippen molar-refractivity contribution in [1.82, 2.24) is 24.7 Å². The number of imidazole rings is 1. The second-order valence-corrected chi connectivity index (χ2v) is 6.55. The molecule has 0 radical (unpaired) electrons. The van der Waals surface area contributed by atoms with Gasteiger partial charge < -0.3 is 14.6 Å². The van der Waals surface area contributed by atoms with Crippen molar-refractivity contribution in [3.63, 3.8) is 0 Å². The highest BCUT2D eigenvalue weighted by Gasteiger charge is 2.34. The summed E-state index contributed by atoms with van der Waals surface area (Å²) >= 11 is 11.9. The van der Waals surface area contributed by atoms with Crippen LogP contribution in [-0.2, 0) is 11.3 Å². The average molecular weight is 377 g/mol. The predicted octanol–water partition coefficient (Wildman–Crippen LogP) is 2.18. The van der Waals surface area contributed by atoms with Crippen molar-refractivity contribution in [2.75, 3.05) is 18.0 Å². The second-order valence-electron chi connectivity index (χ2n) is 5.81. The Labute approximate surface area is 153 Å². The Morgan fingerprint density at radius 1 is 1.24 bits per heavy atom. The second kappa shape index (κ2) is 6.50. The van der Waals surface area contributed by atoms with Gasteiger partial charge in [0, 0.05) is 19.3 Å². The van der Waals surface area contributed by atoms with E-state index in [0.29, 0.717) is 30.5 Å². The average Bonchev–Trinajstić information content (AvgIpc) is 2.98. The van der Waals surface area contributed by atoms with E-state index in [4.69, 9.17) is 23.2 Å². The molecular formula is C16H14Cl2N6O. The van der Waals surface area contributed by atoms with Crippen molar-refractivity contribution in [2.45, 2.75) is 6.54 Å². The van der Waals surface area contributed by atoms with E-state index in [2.05, 4.69) is 20.3 Å². The molecule has 7 nitrogen and oxygen atoms in total. The maximum Gasteiger partial charge on any atom is 0.227 e. The maximum atomic E-state index is 12.3. The van der Waals surface area contributed by atoms with Gasteiger partial charge in [0.25, 0.3) is 0 Å². The van der Waals surface area contributed by atoms with E-state index in [0.717, 1.165) is 11.3 Å². The summed E-state index contributed by atoms with van der Waals surface area (Å²) < 4.78 is 1.95. The Bertz CT molecular complexity index is 937. The van der Waals surface area contributed by atoms with Crippen LogP contribution in [0.25, 0.3) is 5.65 Å². The minimum absolute atomic E-state index is 0.00148. The summed E-state index contributed by atoms with van der Waals surface area (Å²) in [4.78, 5) is 26.5. The molecule has 4 heterocycles. The minimum Gasteiger partial charge on any atom is -0.353 e. The number of nitrogens with zero attached hydrogens (tertiary/aromatic N) is 5. The fourth-order valence-corrected chi connectivity index (χ4v) is 3.15. The Morgan fingerprint density at radius 3 is 2.92 bits per heavy atom. The van der Waals surface area contributed by atoms with E-state index in [1.54, 1.807) is 6.20 Å². The first-order valence-corrected chi connectivity index (χ1v) is 8.49. The first-order chi connectivity index (χ1) is 12.1. The molecule has 0 aromatic carbocycles. The van der Waals surface area contributed by atoms with Crippen LogP contribution < -0.4 is 10.2 Å². The van der Waals surface area contributed by atoms with Crippen LogP contribution in [0, 0.1) is 5.92 Å². The molecule has 9 heteroatoms. The van der Waals surface area contributed by atoms with Crippen LogP contribution in [0.4, 0.5) is 5.82 Å². The first-order valence-electron chi connectivity index (χ1n) is 7.73. The van der Waals surface area contributed by atoms with Crippen molar-refractivity contribution in [1.29, 1.82) is 0 Å². The number of amides is 1. The molecule has 0 saturated carbocycles. The van der Waals surface area contributed by atoms with Crippen molar-refractivity contribution in [3.8, 4) is 0 Å². The summed E-state index contributed by atoms with van der Waals surface area (Å²) in [6.45, 7) is 1.53. The van der Waals surface area contributed by atoms with Gasteiger partial charge in [-0.2, -0.15) is 4.98 Å². The lowest BCUT2D eigenvalue weighted by molar-refractivity contribution is -0.125. The number of halogens is 2. The lowest BCUT2D eigenvalue weighted by Crippen LogP contribution is -2.54. The number of nitrogens with one attached hydrogen (secondary N) is 1. The van der Waals surface area contributed by atoms with Gasteiger partial charge in [-0.05, 0) is 23.7 Å². The molecule has 1 aliphatic rings. The first kappa shape index (κ1) is 16.1. The topological polar surface area (TPSA) is 75.4 Å². The van der Waals surface area contributed by atoms with Crippen LogP contribution in [0.3, 0.4) is 0 Å². The molecule has 0 spiro atoms. The van der Waals surface area contributed by atoms with E-state index in [-0.39, 0.29) is 17.1 Å². The van der Waals surface area contributed by atoms with Crippen LogP contribution in [0.1, 0.15) is 5.69 Å². The Hall–Kier alpha value is -2.38. The number of fused-ring (bicyclic) bond motifs is 1. The van der Waals surface area contributed by atoms with Gasteiger partial charge in [0.2, 0.25) is 11.2 Å². The molecule has 0 bridgehead atoms. The van der Waals surface area contributed by atoms with Crippen LogP contribution in [0.2, 0.25) is 10.3 Å². The van der Waals surface area contributed by atoms with Crippen molar-refractivity contribution >= 4 is 40.6 Å². The van der Waals surface area contributed by atoms with Gasteiger partial charge in [0.15, 0.2) is 5.82 Å². The molecule has 0 unspecified atom stereocenters. The van der Waals surface area contributed by atoms with E-state index >= 15 is 0 Å². The smallest absolute Gasteiger partial charge is 0.227 e. The number of pyridine rings is 1. The van der Waals surface area contributed by atoms with E-state index in [1.165, 1.54) is 6.20 Å². The summed E-state index contributed by atoms with van der Waals surface area (Å²) in [7, 11) is 0. The lowest BCUT2D eigenvalue weighted by Gasteiger charge is -2.39. The molecule has 0 atom stereocenters. The molecular weight excluding hydrogens is 363 g/mol. The number of carbonyl (C=O) groups is 1.